The fourth-order valence-electron chi connectivity index (χ4n) is 3.01. The minimum atomic E-state index is -0.381. The second-order valence-electron chi connectivity index (χ2n) is 6.89. The lowest BCUT2D eigenvalue weighted by Gasteiger charge is -2.07. The van der Waals surface area contributed by atoms with E-state index in [9.17, 15) is 4.39 Å². The first-order valence-corrected chi connectivity index (χ1v) is 10.4. The van der Waals surface area contributed by atoms with Crippen LogP contribution in [0.1, 0.15) is 11.1 Å². The maximum atomic E-state index is 14.2. The Morgan fingerprint density at radius 3 is 2.73 bits per heavy atom. The van der Waals surface area contributed by atoms with Gasteiger partial charge in [0.25, 0.3) is 0 Å². The summed E-state index contributed by atoms with van der Waals surface area (Å²) in [6, 6.07) is 12.7. The Hall–Kier alpha value is -2.87. The highest BCUT2D eigenvalue weighted by Crippen LogP contribution is 2.39. The molecule has 7 heteroatoms. The second-order valence-corrected chi connectivity index (χ2v) is 7.94. The van der Waals surface area contributed by atoms with Gasteiger partial charge in [0.2, 0.25) is 0 Å². The molecule has 0 saturated carbocycles. The van der Waals surface area contributed by atoms with Crippen LogP contribution in [0.3, 0.4) is 0 Å². The number of fused-ring (bicyclic) bond motifs is 1. The highest BCUT2D eigenvalue weighted by Gasteiger charge is 2.13. The van der Waals surface area contributed by atoms with Crippen molar-refractivity contribution in [1.82, 2.24) is 15.3 Å². The summed E-state index contributed by atoms with van der Waals surface area (Å²) >= 11 is 1.53. The fraction of sp³-hybridized carbons (Fsp3) is 0.217. The van der Waals surface area contributed by atoms with Crippen LogP contribution in [0.2, 0.25) is 0 Å². The van der Waals surface area contributed by atoms with Gasteiger partial charge in [0.05, 0.1) is 27.4 Å². The van der Waals surface area contributed by atoms with E-state index in [1.807, 2.05) is 31.3 Å². The standard InChI is InChI=1S/C23H22FN3O2S/c1-15-3-6-20(17(24)11-15)29-21-7-8-26-19-12-22(30-23(19)21)18-5-4-16(14-27-18)13-25-9-10-28-2/h3-8,11-12,14,25H,9-10,13H2,1-2H3. The quantitative estimate of drug-likeness (QED) is 0.388. The highest BCUT2D eigenvalue weighted by molar-refractivity contribution is 7.22. The van der Waals surface area contributed by atoms with Crippen molar-refractivity contribution >= 4 is 21.6 Å². The summed E-state index contributed by atoms with van der Waals surface area (Å²) in [5, 5.41) is 3.30. The highest BCUT2D eigenvalue weighted by atomic mass is 32.1. The van der Waals surface area contributed by atoms with Crippen molar-refractivity contribution in [2.24, 2.45) is 0 Å². The van der Waals surface area contributed by atoms with Gasteiger partial charge >= 0.3 is 0 Å². The van der Waals surface area contributed by atoms with Gasteiger partial charge in [-0.1, -0.05) is 12.1 Å². The van der Waals surface area contributed by atoms with Crippen LogP contribution in [0.5, 0.6) is 11.5 Å². The molecule has 0 unspecified atom stereocenters. The van der Waals surface area contributed by atoms with Gasteiger partial charge in [0.15, 0.2) is 11.6 Å². The Bertz CT molecular complexity index is 1150. The largest absolute Gasteiger partial charge is 0.453 e. The van der Waals surface area contributed by atoms with Crippen LogP contribution >= 0.6 is 11.3 Å². The van der Waals surface area contributed by atoms with Crippen LogP contribution in [-0.2, 0) is 11.3 Å². The number of hydrogen-bond acceptors (Lipinski definition) is 6. The number of pyridine rings is 2. The van der Waals surface area contributed by atoms with Gasteiger partial charge in [0.1, 0.15) is 5.75 Å². The number of thiophene rings is 1. The molecule has 0 saturated heterocycles. The predicted octanol–water partition coefficient (Wildman–Crippen LogP) is 5.33. The van der Waals surface area contributed by atoms with E-state index in [2.05, 4.69) is 21.4 Å². The average Bonchev–Trinajstić information content (AvgIpc) is 3.19. The van der Waals surface area contributed by atoms with E-state index in [1.54, 1.807) is 25.4 Å². The molecule has 0 fully saturated rings. The number of nitrogens with one attached hydrogen (secondary N) is 1. The molecule has 0 atom stereocenters. The van der Waals surface area contributed by atoms with Crippen molar-refractivity contribution in [3.63, 3.8) is 0 Å². The van der Waals surface area contributed by atoms with Crippen LogP contribution in [0.15, 0.2) is 54.9 Å². The first-order chi connectivity index (χ1) is 14.6. The molecule has 1 aromatic carbocycles. The molecule has 4 aromatic rings. The number of rotatable bonds is 8. The van der Waals surface area contributed by atoms with Gasteiger partial charge in [-0.25, -0.2) is 4.39 Å². The third-order valence-electron chi connectivity index (χ3n) is 4.57. The Morgan fingerprint density at radius 2 is 1.97 bits per heavy atom. The van der Waals surface area contributed by atoms with Crippen LogP contribution in [-0.4, -0.2) is 30.2 Å². The van der Waals surface area contributed by atoms with E-state index in [1.165, 1.54) is 17.4 Å². The van der Waals surface area contributed by atoms with Gasteiger partial charge < -0.3 is 14.8 Å². The van der Waals surface area contributed by atoms with E-state index in [4.69, 9.17) is 9.47 Å². The zero-order chi connectivity index (χ0) is 20.9. The first kappa shape index (κ1) is 20.4. The smallest absolute Gasteiger partial charge is 0.165 e. The third-order valence-corrected chi connectivity index (χ3v) is 5.73. The third kappa shape index (κ3) is 4.64. The molecule has 0 aliphatic rings. The van der Waals surface area contributed by atoms with E-state index in [-0.39, 0.29) is 11.6 Å². The lowest BCUT2D eigenvalue weighted by Crippen LogP contribution is -2.18. The van der Waals surface area contributed by atoms with Crippen molar-refractivity contribution in [3.05, 3.63) is 71.8 Å². The fourth-order valence-corrected chi connectivity index (χ4v) is 4.05. The molecular weight excluding hydrogens is 401 g/mol. The summed E-state index contributed by atoms with van der Waals surface area (Å²) in [6.07, 6.45) is 3.54. The summed E-state index contributed by atoms with van der Waals surface area (Å²) < 4.78 is 26.0. The van der Waals surface area contributed by atoms with Crippen molar-refractivity contribution in [2.45, 2.75) is 13.5 Å². The SMILES string of the molecule is COCCNCc1ccc(-c2cc3nccc(Oc4ccc(C)cc4F)c3s2)nc1. The van der Waals surface area contributed by atoms with E-state index >= 15 is 0 Å². The van der Waals surface area contributed by atoms with Crippen LogP contribution in [0.4, 0.5) is 4.39 Å². The van der Waals surface area contributed by atoms with Gasteiger partial charge in [-0.3, -0.25) is 9.97 Å². The zero-order valence-electron chi connectivity index (χ0n) is 16.8. The lowest BCUT2D eigenvalue weighted by atomic mass is 10.2. The second kappa shape index (κ2) is 9.30. The van der Waals surface area contributed by atoms with E-state index in [0.29, 0.717) is 12.4 Å². The van der Waals surface area contributed by atoms with Gasteiger partial charge in [-0.2, -0.15) is 0 Å². The van der Waals surface area contributed by atoms with Crippen molar-refractivity contribution in [2.75, 3.05) is 20.3 Å². The molecule has 3 heterocycles. The molecule has 30 heavy (non-hydrogen) atoms. The molecule has 5 nitrogen and oxygen atoms in total. The molecule has 0 aliphatic carbocycles. The number of methoxy groups -OCH3 is 1. The van der Waals surface area contributed by atoms with Crippen LogP contribution in [0, 0.1) is 12.7 Å². The summed E-state index contributed by atoms with van der Waals surface area (Å²) in [7, 11) is 1.69. The topological polar surface area (TPSA) is 56.3 Å². The van der Waals surface area contributed by atoms with Gasteiger partial charge in [-0.05, 0) is 42.3 Å². The molecule has 0 spiro atoms. The molecule has 154 valence electrons. The number of ether oxygens (including phenoxy) is 2. The first-order valence-electron chi connectivity index (χ1n) is 9.61. The zero-order valence-corrected chi connectivity index (χ0v) is 17.6. The van der Waals surface area contributed by atoms with E-state index < -0.39 is 0 Å². The average molecular weight is 424 g/mol. The normalized spacial score (nSPS) is 11.2. The summed E-state index contributed by atoms with van der Waals surface area (Å²) in [6.45, 7) is 4.06. The number of hydrogen-bond donors (Lipinski definition) is 1. The molecule has 3 aromatic heterocycles. The number of benzene rings is 1. The lowest BCUT2D eigenvalue weighted by molar-refractivity contribution is 0.199. The van der Waals surface area contributed by atoms with Crippen molar-refractivity contribution in [1.29, 1.82) is 0 Å². The van der Waals surface area contributed by atoms with Crippen molar-refractivity contribution < 1.29 is 13.9 Å². The minimum Gasteiger partial charge on any atom is -0.453 e. The van der Waals surface area contributed by atoms with Crippen molar-refractivity contribution in [3.8, 4) is 22.1 Å². The summed E-state index contributed by atoms with van der Waals surface area (Å²) in [4.78, 5) is 10.0. The number of aromatic nitrogens is 2. The molecule has 1 N–H and O–H groups in total. The van der Waals surface area contributed by atoms with Crippen LogP contribution < -0.4 is 10.1 Å². The van der Waals surface area contributed by atoms with Gasteiger partial charge in [0, 0.05) is 38.7 Å². The Labute approximate surface area is 178 Å². The Morgan fingerprint density at radius 1 is 1.07 bits per heavy atom. The molecule has 0 amide bonds. The summed E-state index contributed by atoms with van der Waals surface area (Å²) in [5.74, 6) is 0.401. The number of halogens is 1. The predicted molar refractivity (Wildman–Crippen MR) is 118 cm³/mol. The minimum absolute atomic E-state index is 0.200. The Kier molecular flexibility index (Phi) is 6.32. The monoisotopic (exact) mass is 423 g/mol. The maximum absolute atomic E-state index is 14.2. The van der Waals surface area contributed by atoms with Gasteiger partial charge in [-0.15, -0.1) is 11.3 Å². The molecule has 0 bridgehead atoms. The Balaban J connectivity index is 1.56. The van der Waals surface area contributed by atoms with E-state index in [0.717, 1.165) is 45.0 Å². The molecular formula is C23H22FN3O2S. The molecule has 0 radical (unpaired) electrons. The molecule has 4 rings (SSSR count). The summed E-state index contributed by atoms with van der Waals surface area (Å²) in [5.41, 5.74) is 3.62. The maximum Gasteiger partial charge on any atom is 0.165 e. The number of aryl methyl sites for hydroxylation is 1. The molecule has 0 aliphatic heterocycles. The number of nitrogens with zero attached hydrogens (tertiary/aromatic N) is 2. The van der Waals surface area contributed by atoms with Crippen LogP contribution in [0.25, 0.3) is 20.8 Å².